The lowest BCUT2D eigenvalue weighted by atomic mass is 9.90. The van der Waals surface area contributed by atoms with E-state index in [0.29, 0.717) is 22.5 Å². The minimum absolute atomic E-state index is 0.167. The quantitative estimate of drug-likeness (QED) is 0.0781. The van der Waals surface area contributed by atoms with E-state index in [0.717, 1.165) is 10.8 Å². The molecule has 0 spiro atoms. The van der Waals surface area contributed by atoms with Gasteiger partial charge in [0, 0.05) is 17.5 Å². The van der Waals surface area contributed by atoms with E-state index in [1.807, 2.05) is 30.3 Å². The van der Waals surface area contributed by atoms with Crippen molar-refractivity contribution in [3.8, 4) is 5.75 Å². The van der Waals surface area contributed by atoms with Crippen LogP contribution in [0.1, 0.15) is 22.0 Å². The molecule has 44 heavy (non-hydrogen) atoms. The first-order valence-electron chi connectivity index (χ1n) is 13.8. The van der Waals surface area contributed by atoms with Crippen LogP contribution in [0.5, 0.6) is 5.75 Å². The Balaban J connectivity index is 1.27. The van der Waals surface area contributed by atoms with E-state index >= 15 is 0 Å². The first-order chi connectivity index (χ1) is 21.4. The Bertz CT molecular complexity index is 1940. The largest absolute Gasteiger partial charge is 0.423 e. The summed E-state index contributed by atoms with van der Waals surface area (Å²) in [6.07, 6.45) is -1.17. The molecule has 5 aromatic carbocycles. The lowest BCUT2D eigenvalue weighted by molar-refractivity contribution is -0.384. The molecule has 2 amide bonds. The number of carbonyl (C=O) groups excluding carboxylic acids is 3. The zero-order valence-corrected chi connectivity index (χ0v) is 23.0. The number of benzene rings is 5. The van der Waals surface area contributed by atoms with Crippen LogP contribution in [0.15, 0.2) is 121 Å². The average Bonchev–Trinajstić information content (AvgIpc) is 3.57. The van der Waals surface area contributed by atoms with Gasteiger partial charge in [-0.2, -0.15) is 0 Å². The monoisotopic (exact) mass is 585 g/mol. The second-order valence-electron chi connectivity index (χ2n) is 10.4. The highest BCUT2D eigenvalue weighted by atomic mass is 16.7. The standard InChI is InChI=1S/C34H23N3O7/c38-32-29-30(22-16-18-26(19-17-22)43-34(40)23-9-2-1-3-10-23)36(24-12-7-13-25(20-24)37(41)42)44-31(29)33(39)35(32)28-15-6-11-21-8-4-5-14-27(21)28/h1-20,29-31H. The number of ether oxygens (including phenoxy) is 1. The summed E-state index contributed by atoms with van der Waals surface area (Å²) < 4.78 is 5.52. The maximum Gasteiger partial charge on any atom is 0.343 e. The number of nitro benzene ring substituents is 1. The predicted octanol–water partition coefficient (Wildman–Crippen LogP) is 6.02. The summed E-state index contributed by atoms with van der Waals surface area (Å²) in [4.78, 5) is 59.0. The van der Waals surface area contributed by atoms with E-state index in [9.17, 15) is 24.5 Å². The average molecular weight is 586 g/mol. The summed E-state index contributed by atoms with van der Waals surface area (Å²) in [6.45, 7) is 0. The summed E-state index contributed by atoms with van der Waals surface area (Å²) >= 11 is 0. The number of anilines is 2. The first kappa shape index (κ1) is 27.0. The number of hydrogen-bond donors (Lipinski definition) is 0. The predicted molar refractivity (Wildman–Crippen MR) is 161 cm³/mol. The van der Waals surface area contributed by atoms with Crippen molar-refractivity contribution in [1.29, 1.82) is 0 Å². The molecule has 10 heteroatoms. The van der Waals surface area contributed by atoms with Crippen molar-refractivity contribution >= 4 is 45.6 Å². The van der Waals surface area contributed by atoms with E-state index in [1.165, 1.54) is 28.2 Å². The van der Waals surface area contributed by atoms with Gasteiger partial charge < -0.3 is 4.74 Å². The van der Waals surface area contributed by atoms with E-state index in [4.69, 9.17) is 9.57 Å². The summed E-state index contributed by atoms with van der Waals surface area (Å²) in [5, 5.41) is 14.6. The maximum absolute atomic E-state index is 14.2. The Hall–Kier alpha value is -5.87. The van der Waals surface area contributed by atoms with Crippen LogP contribution in [0, 0.1) is 16.0 Å². The Morgan fingerprint density at radius 3 is 2.27 bits per heavy atom. The van der Waals surface area contributed by atoms with Crippen LogP contribution in [0.25, 0.3) is 10.8 Å². The number of hydrogen-bond acceptors (Lipinski definition) is 8. The third kappa shape index (κ3) is 4.54. The van der Waals surface area contributed by atoms with Gasteiger partial charge in [-0.1, -0.05) is 72.8 Å². The van der Waals surface area contributed by atoms with Gasteiger partial charge in [0.2, 0.25) is 5.91 Å². The number of nitro groups is 1. The Morgan fingerprint density at radius 2 is 1.50 bits per heavy atom. The van der Waals surface area contributed by atoms with E-state index in [-0.39, 0.29) is 11.4 Å². The smallest absolute Gasteiger partial charge is 0.343 e. The number of nitrogens with zero attached hydrogens (tertiary/aromatic N) is 3. The fraction of sp³-hybridized carbons (Fsp3) is 0.0882. The second-order valence-corrected chi connectivity index (χ2v) is 10.4. The van der Waals surface area contributed by atoms with E-state index < -0.39 is 40.8 Å². The van der Waals surface area contributed by atoms with Crippen LogP contribution >= 0.6 is 0 Å². The molecule has 2 aliphatic rings. The van der Waals surface area contributed by atoms with Crippen LogP contribution in [-0.4, -0.2) is 28.8 Å². The number of imide groups is 1. The van der Waals surface area contributed by atoms with E-state index in [2.05, 4.69) is 0 Å². The highest BCUT2D eigenvalue weighted by Gasteiger charge is 2.60. The Kier molecular flexibility index (Phi) is 6.60. The normalized spacial score (nSPS) is 19.3. The Morgan fingerprint density at radius 1 is 0.795 bits per heavy atom. The third-order valence-electron chi connectivity index (χ3n) is 7.86. The summed E-state index contributed by atoms with van der Waals surface area (Å²) in [7, 11) is 0. The summed E-state index contributed by atoms with van der Waals surface area (Å²) in [5.74, 6) is -2.18. The van der Waals surface area contributed by atoms with Gasteiger partial charge in [0.05, 0.1) is 27.9 Å². The molecule has 3 unspecified atom stereocenters. The number of carbonyl (C=O) groups is 3. The fourth-order valence-corrected chi connectivity index (χ4v) is 5.83. The molecular weight excluding hydrogens is 562 g/mol. The van der Waals surface area contributed by atoms with Crippen LogP contribution in [0.2, 0.25) is 0 Å². The molecule has 2 fully saturated rings. The number of non-ortho nitro benzene ring substituents is 1. The molecule has 0 aliphatic carbocycles. The van der Waals surface area contributed by atoms with Crippen molar-refractivity contribution in [3.63, 3.8) is 0 Å². The first-order valence-corrected chi connectivity index (χ1v) is 13.8. The number of esters is 1. The molecule has 3 atom stereocenters. The lowest BCUT2D eigenvalue weighted by Gasteiger charge is -2.29. The van der Waals surface area contributed by atoms with Gasteiger partial charge in [0.1, 0.15) is 11.7 Å². The molecule has 0 bridgehead atoms. The van der Waals surface area contributed by atoms with Crippen molar-refractivity contribution in [1.82, 2.24) is 0 Å². The van der Waals surface area contributed by atoms with Gasteiger partial charge in [0.15, 0.2) is 6.10 Å². The van der Waals surface area contributed by atoms with Gasteiger partial charge in [-0.3, -0.25) is 24.5 Å². The van der Waals surface area contributed by atoms with Crippen LogP contribution < -0.4 is 14.7 Å². The zero-order valence-electron chi connectivity index (χ0n) is 23.0. The molecule has 2 saturated heterocycles. The molecule has 0 N–H and O–H groups in total. The van der Waals surface area contributed by atoms with Gasteiger partial charge in [-0.15, -0.1) is 0 Å². The minimum Gasteiger partial charge on any atom is -0.423 e. The number of hydroxylamine groups is 1. The molecule has 216 valence electrons. The van der Waals surface area contributed by atoms with Crippen molar-refractivity contribution in [2.24, 2.45) is 5.92 Å². The second kappa shape index (κ2) is 10.8. The van der Waals surface area contributed by atoms with Crippen molar-refractivity contribution in [2.45, 2.75) is 12.1 Å². The van der Waals surface area contributed by atoms with E-state index in [1.54, 1.807) is 72.8 Å². The van der Waals surface area contributed by atoms with Gasteiger partial charge >= 0.3 is 5.97 Å². The van der Waals surface area contributed by atoms with Crippen molar-refractivity contribution in [3.05, 3.63) is 143 Å². The summed E-state index contributed by atoms with van der Waals surface area (Å²) in [5.41, 5.74) is 1.59. The van der Waals surface area contributed by atoms with Gasteiger partial charge in [-0.25, -0.2) is 14.8 Å². The van der Waals surface area contributed by atoms with Crippen LogP contribution in [-0.2, 0) is 14.4 Å². The zero-order chi connectivity index (χ0) is 30.4. The number of fused-ring (bicyclic) bond motifs is 2. The molecule has 2 heterocycles. The third-order valence-corrected chi connectivity index (χ3v) is 7.86. The molecule has 0 aromatic heterocycles. The molecule has 0 radical (unpaired) electrons. The SMILES string of the molecule is O=C(Oc1ccc(C2C3C(=O)N(c4cccc5ccccc45)C(=O)C3ON2c2cccc([N+](=O)[O-])c2)cc1)c1ccccc1. The van der Waals surface area contributed by atoms with Crippen LogP contribution in [0.4, 0.5) is 17.1 Å². The maximum atomic E-state index is 14.2. The molecule has 2 aliphatic heterocycles. The van der Waals surface area contributed by atoms with Gasteiger partial charge in [-0.05, 0) is 47.3 Å². The molecule has 7 rings (SSSR count). The molecular formula is C34H23N3O7. The molecule has 0 saturated carbocycles. The minimum atomic E-state index is -1.17. The highest BCUT2D eigenvalue weighted by Crippen LogP contribution is 2.48. The Labute approximate surface area is 250 Å². The van der Waals surface area contributed by atoms with Gasteiger partial charge in [0.25, 0.3) is 11.6 Å². The molecule has 10 nitrogen and oxygen atoms in total. The number of rotatable bonds is 6. The van der Waals surface area contributed by atoms with Crippen LogP contribution in [0.3, 0.4) is 0 Å². The fourth-order valence-electron chi connectivity index (χ4n) is 5.83. The van der Waals surface area contributed by atoms with Crippen molar-refractivity contribution < 1.29 is 28.9 Å². The summed E-state index contributed by atoms with van der Waals surface area (Å²) in [6, 6.07) is 33.0. The van der Waals surface area contributed by atoms with Crippen molar-refractivity contribution in [2.75, 3.05) is 9.96 Å². The molecule has 5 aromatic rings. The highest BCUT2D eigenvalue weighted by molar-refractivity contribution is 6.26. The topological polar surface area (TPSA) is 119 Å². The lowest BCUT2D eigenvalue weighted by Crippen LogP contribution is -2.37. The number of amides is 2.